The molecule has 4 nitrogen and oxygen atoms in total. The first-order valence-corrected chi connectivity index (χ1v) is 6.92. The van der Waals surface area contributed by atoms with Gasteiger partial charge >= 0.3 is 0 Å². The molecular weight excluding hydrogens is 274 g/mol. The van der Waals surface area contributed by atoms with Gasteiger partial charge in [0.1, 0.15) is 0 Å². The number of allylic oxidation sites excluding steroid dienone is 2. The Morgan fingerprint density at radius 1 is 0.864 bits per heavy atom. The van der Waals surface area contributed by atoms with Gasteiger partial charge in [0.05, 0.1) is 22.8 Å². The van der Waals surface area contributed by atoms with Gasteiger partial charge in [-0.2, -0.15) is 0 Å². The molecule has 0 radical (unpaired) electrons. The molecule has 0 bridgehead atoms. The second kappa shape index (κ2) is 6.10. The smallest absolute Gasteiger partial charge is 0.203 e. The molecule has 22 heavy (non-hydrogen) atoms. The van der Waals surface area contributed by atoms with Crippen LogP contribution in [-0.4, -0.2) is 11.5 Å². The zero-order valence-corrected chi connectivity index (χ0v) is 11.9. The van der Waals surface area contributed by atoms with E-state index in [1.165, 1.54) is 6.08 Å². The van der Waals surface area contributed by atoms with Gasteiger partial charge in [0.25, 0.3) is 0 Å². The van der Waals surface area contributed by atoms with E-state index in [4.69, 9.17) is 5.73 Å². The topological polar surface area (TPSA) is 67.5 Å². The van der Waals surface area contributed by atoms with E-state index in [9.17, 15) is 4.79 Å². The van der Waals surface area contributed by atoms with Crippen molar-refractivity contribution in [3.63, 3.8) is 0 Å². The maximum atomic E-state index is 11.8. The third-order valence-corrected chi connectivity index (χ3v) is 3.19. The molecule has 4 heteroatoms. The molecule has 1 aliphatic carbocycles. The molecule has 2 aromatic rings. The summed E-state index contributed by atoms with van der Waals surface area (Å²) in [5.74, 6) is -0.217. The number of anilines is 1. The van der Waals surface area contributed by atoms with Crippen LogP contribution in [0.2, 0.25) is 0 Å². The first-order chi connectivity index (χ1) is 10.7. The molecule has 3 N–H and O–H groups in total. The predicted molar refractivity (Wildman–Crippen MR) is 89.0 cm³/mol. The van der Waals surface area contributed by atoms with E-state index < -0.39 is 0 Å². The number of carbonyl (C=O) groups excluding carboxylic acids is 1. The van der Waals surface area contributed by atoms with Crippen molar-refractivity contribution in [2.45, 2.75) is 0 Å². The van der Waals surface area contributed by atoms with Crippen LogP contribution in [0.3, 0.4) is 0 Å². The van der Waals surface area contributed by atoms with Gasteiger partial charge in [-0.1, -0.05) is 36.4 Å². The van der Waals surface area contributed by atoms with Crippen LogP contribution in [-0.2, 0) is 4.79 Å². The summed E-state index contributed by atoms with van der Waals surface area (Å²) in [7, 11) is 0. The Morgan fingerprint density at radius 3 is 2.18 bits per heavy atom. The number of rotatable bonds is 3. The van der Waals surface area contributed by atoms with Crippen LogP contribution in [0.5, 0.6) is 0 Å². The van der Waals surface area contributed by atoms with Gasteiger partial charge in [0.15, 0.2) is 0 Å². The lowest BCUT2D eigenvalue weighted by Crippen LogP contribution is -2.22. The third-order valence-electron chi connectivity index (χ3n) is 3.19. The lowest BCUT2D eigenvalue weighted by molar-refractivity contribution is -0.111. The highest BCUT2D eigenvalue weighted by Gasteiger charge is 2.17. The van der Waals surface area contributed by atoms with E-state index in [0.29, 0.717) is 11.4 Å². The number of aliphatic imine (C=N–C) groups is 1. The molecule has 0 saturated heterocycles. The molecule has 0 atom stereocenters. The lowest BCUT2D eigenvalue weighted by atomic mass is 10.1. The first kappa shape index (κ1) is 13.8. The minimum atomic E-state index is -0.217. The summed E-state index contributed by atoms with van der Waals surface area (Å²) in [6, 6.07) is 19.2. The Morgan fingerprint density at radius 2 is 1.50 bits per heavy atom. The largest absolute Gasteiger partial charge is 0.396 e. The van der Waals surface area contributed by atoms with E-state index in [0.717, 1.165) is 11.4 Å². The van der Waals surface area contributed by atoms with Gasteiger partial charge in [0.2, 0.25) is 5.78 Å². The van der Waals surface area contributed by atoms with Crippen LogP contribution in [0.25, 0.3) is 0 Å². The number of nitrogens with two attached hydrogens (primary N) is 1. The van der Waals surface area contributed by atoms with Crippen molar-refractivity contribution >= 4 is 22.9 Å². The molecule has 0 unspecified atom stereocenters. The van der Waals surface area contributed by atoms with Crippen LogP contribution < -0.4 is 11.1 Å². The monoisotopic (exact) mass is 289 g/mol. The maximum absolute atomic E-state index is 11.8. The Labute approximate surface area is 128 Å². The highest BCUT2D eigenvalue weighted by molar-refractivity contribution is 6.23. The summed E-state index contributed by atoms with van der Waals surface area (Å²) < 4.78 is 0. The highest BCUT2D eigenvalue weighted by Crippen LogP contribution is 2.19. The number of hydrogen-bond donors (Lipinski definition) is 2. The summed E-state index contributed by atoms with van der Waals surface area (Å²) in [5, 5.41) is 3.21. The van der Waals surface area contributed by atoms with E-state index >= 15 is 0 Å². The van der Waals surface area contributed by atoms with Crippen LogP contribution in [0.15, 0.2) is 89.2 Å². The maximum Gasteiger partial charge on any atom is 0.203 e. The fourth-order valence-electron chi connectivity index (χ4n) is 2.10. The van der Waals surface area contributed by atoms with Crippen molar-refractivity contribution < 1.29 is 4.79 Å². The number of ketones is 1. The van der Waals surface area contributed by atoms with Gasteiger partial charge < -0.3 is 11.1 Å². The van der Waals surface area contributed by atoms with Crippen molar-refractivity contribution in [1.82, 2.24) is 0 Å². The summed E-state index contributed by atoms with van der Waals surface area (Å²) >= 11 is 0. The fraction of sp³-hybridized carbons (Fsp3) is 0. The molecule has 0 aliphatic heterocycles. The van der Waals surface area contributed by atoms with E-state index in [1.54, 1.807) is 6.08 Å². The summed E-state index contributed by atoms with van der Waals surface area (Å²) in [4.78, 5) is 16.4. The quantitative estimate of drug-likeness (QED) is 0.853. The Balaban J connectivity index is 1.96. The molecule has 1 aliphatic rings. The second-order valence-corrected chi connectivity index (χ2v) is 4.85. The molecule has 0 aromatic heterocycles. The predicted octanol–water partition coefficient (Wildman–Crippen LogP) is 3.18. The minimum Gasteiger partial charge on any atom is -0.396 e. The summed E-state index contributed by atoms with van der Waals surface area (Å²) in [6.45, 7) is 0. The highest BCUT2D eigenvalue weighted by atomic mass is 16.1. The van der Waals surface area contributed by atoms with Gasteiger partial charge in [-0.05, 0) is 30.3 Å². The first-order valence-electron chi connectivity index (χ1n) is 6.92. The van der Waals surface area contributed by atoms with Crippen LogP contribution in [0, 0.1) is 0 Å². The average molecular weight is 289 g/mol. The number of benzene rings is 2. The van der Waals surface area contributed by atoms with E-state index in [-0.39, 0.29) is 11.5 Å². The fourth-order valence-corrected chi connectivity index (χ4v) is 2.10. The minimum absolute atomic E-state index is 0.188. The third kappa shape index (κ3) is 3.12. The Bertz CT molecular complexity index is 774. The average Bonchev–Trinajstić information content (AvgIpc) is 2.54. The Kier molecular flexibility index (Phi) is 3.83. The molecular formula is C18H15N3O. The van der Waals surface area contributed by atoms with Crippen molar-refractivity contribution in [3.8, 4) is 0 Å². The molecule has 0 amide bonds. The zero-order valence-electron chi connectivity index (χ0n) is 11.9. The molecule has 0 fully saturated rings. The number of carbonyl (C=O) groups is 1. The van der Waals surface area contributed by atoms with E-state index in [1.807, 2.05) is 60.7 Å². The van der Waals surface area contributed by atoms with Crippen molar-refractivity contribution in [2.75, 3.05) is 5.32 Å². The summed E-state index contributed by atoms with van der Waals surface area (Å²) in [5.41, 5.74) is 8.88. The number of para-hydroxylation sites is 2. The van der Waals surface area contributed by atoms with Crippen molar-refractivity contribution in [3.05, 3.63) is 84.2 Å². The molecule has 108 valence electrons. The van der Waals surface area contributed by atoms with E-state index in [2.05, 4.69) is 10.3 Å². The normalized spacial score (nSPS) is 16.2. The molecule has 2 aromatic carbocycles. The number of nitrogens with one attached hydrogen (secondary N) is 1. The molecule has 0 spiro atoms. The number of nitrogens with zero attached hydrogens (tertiary/aromatic N) is 1. The summed E-state index contributed by atoms with van der Waals surface area (Å²) in [6.07, 6.45) is 3.07. The second-order valence-electron chi connectivity index (χ2n) is 4.85. The van der Waals surface area contributed by atoms with Gasteiger partial charge in [0, 0.05) is 11.8 Å². The standard InChI is InChI=1S/C18H15N3O/c19-15-11-16(20-13-7-3-1-4-8-13)17(12-18(15)22)21-14-9-5-2-6-10-14/h1-12,21H,19H2. The van der Waals surface area contributed by atoms with Crippen LogP contribution in [0.4, 0.5) is 11.4 Å². The van der Waals surface area contributed by atoms with Gasteiger partial charge in [-0.25, -0.2) is 4.99 Å². The van der Waals surface area contributed by atoms with Crippen molar-refractivity contribution in [1.29, 1.82) is 0 Å². The van der Waals surface area contributed by atoms with Gasteiger partial charge in [-0.3, -0.25) is 4.79 Å². The van der Waals surface area contributed by atoms with Gasteiger partial charge in [-0.15, -0.1) is 0 Å². The van der Waals surface area contributed by atoms with Crippen LogP contribution in [0.1, 0.15) is 0 Å². The SMILES string of the molecule is NC1=CC(=Nc2ccccc2)C(Nc2ccccc2)=CC1=O. The zero-order chi connectivity index (χ0) is 15.4. The van der Waals surface area contributed by atoms with Crippen molar-refractivity contribution in [2.24, 2.45) is 10.7 Å². The Hall–Kier alpha value is -3.14. The molecule has 0 heterocycles. The molecule has 3 rings (SSSR count). The van der Waals surface area contributed by atoms with Crippen LogP contribution >= 0.6 is 0 Å². The molecule has 0 saturated carbocycles. The lowest BCUT2D eigenvalue weighted by Gasteiger charge is -2.15. The number of hydrogen-bond acceptors (Lipinski definition) is 4.